The average molecular weight is 610 g/mol. The van der Waals surface area contributed by atoms with Crippen LogP contribution in [0.25, 0.3) is 32.9 Å². The second-order valence-electron chi connectivity index (χ2n) is 13.5. The maximum Gasteiger partial charge on any atom is 0.252 e. The van der Waals surface area contributed by atoms with E-state index in [-0.39, 0.29) is 5.91 Å². The normalized spacial score (nSPS) is 17.3. The summed E-state index contributed by atoms with van der Waals surface area (Å²) in [5, 5.41) is 14.8. The van der Waals surface area contributed by atoms with E-state index in [0.29, 0.717) is 19.1 Å². The summed E-state index contributed by atoms with van der Waals surface area (Å²) < 4.78 is 4.46. The number of aryl methyl sites for hydroxylation is 4. The summed E-state index contributed by atoms with van der Waals surface area (Å²) in [5.74, 6) is 0.446. The van der Waals surface area contributed by atoms with Gasteiger partial charge in [-0.25, -0.2) is 0 Å². The lowest BCUT2D eigenvalue weighted by molar-refractivity contribution is 0.0966. The van der Waals surface area contributed by atoms with Gasteiger partial charge in [-0.3, -0.25) is 9.48 Å². The molecule has 9 heteroatoms. The van der Waals surface area contributed by atoms with Gasteiger partial charge in [0.1, 0.15) is 6.61 Å². The van der Waals surface area contributed by atoms with E-state index in [0.717, 1.165) is 78.1 Å². The number of likely N-dealkylation sites (N-methyl/N-ethyl adjacent to an activating group) is 1. The molecule has 0 spiro atoms. The highest BCUT2D eigenvalue weighted by atomic mass is 16.6. The van der Waals surface area contributed by atoms with E-state index in [1.165, 1.54) is 60.0 Å². The quantitative estimate of drug-likeness (QED) is 0.149. The van der Waals surface area contributed by atoms with Crippen molar-refractivity contribution in [1.29, 1.82) is 0 Å². The van der Waals surface area contributed by atoms with Crippen molar-refractivity contribution in [2.45, 2.75) is 66.5 Å². The third-order valence-electron chi connectivity index (χ3n) is 9.99. The molecule has 1 saturated heterocycles. The average Bonchev–Trinajstić information content (AvgIpc) is 3.71. The molecule has 1 aliphatic carbocycles. The highest BCUT2D eigenvalue weighted by molar-refractivity contribution is 6.20. The van der Waals surface area contributed by atoms with E-state index < -0.39 is 0 Å². The number of benzene rings is 2. The van der Waals surface area contributed by atoms with Crippen molar-refractivity contribution in [3.63, 3.8) is 0 Å². The van der Waals surface area contributed by atoms with Gasteiger partial charge in [0, 0.05) is 79.9 Å². The molecule has 7 rings (SSSR count). The lowest BCUT2D eigenvalue weighted by Crippen LogP contribution is -2.46. The Labute approximate surface area is 266 Å². The summed E-state index contributed by atoms with van der Waals surface area (Å²) in [6.07, 6.45) is 6.15. The maximum absolute atomic E-state index is 13.5. The largest absolute Gasteiger partial charge is 0.395 e. The number of piperazine rings is 1. The molecule has 1 N–H and O–H groups in total. The molecule has 4 aromatic rings. The molecule has 45 heavy (non-hydrogen) atoms. The van der Waals surface area contributed by atoms with Crippen LogP contribution in [0.3, 0.4) is 0 Å². The Balaban J connectivity index is 1.32. The lowest BCUT2D eigenvalue weighted by Gasteiger charge is -2.34. The van der Waals surface area contributed by atoms with Gasteiger partial charge in [0.2, 0.25) is 0 Å². The number of amides is 1. The zero-order valence-electron chi connectivity index (χ0n) is 27.6. The standard InChI is InChI=1S/C36H47N7O2/c1-6-41-15-17-42(18-16-41)13-7-8-14-43-31-12-9-25(24(4)39-45-22-23(2)3)19-27(31)33-28-20-37-36(44)34(28)32-26(35(33)43)10-11-30-29(32)21-40(5)38-30/h9,12,19,21,23H,6-8,10-11,13-18,20,22H2,1-5H3,(H,37,44). The fraction of sp³-hybridized carbons (Fsp3) is 0.528. The van der Waals surface area contributed by atoms with E-state index in [4.69, 9.17) is 9.94 Å². The molecule has 0 unspecified atom stereocenters. The SMILES string of the molecule is CCN1CCN(CCCCn2c3ccc(C(C)=NOCC(C)C)cc3c3c4c(c5c(c32)CCc2nn(C)cc2-5)C(=O)NC4)CC1. The first kappa shape index (κ1) is 30.0. The zero-order chi connectivity index (χ0) is 31.2. The topological polar surface area (TPSA) is 79.9 Å². The van der Waals surface area contributed by atoms with Crippen molar-refractivity contribution in [1.82, 2.24) is 29.5 Å². The smallest absolute Gasteiger partial charge is 0.252 e. The van der Waals surface area contributed by atoms with Gasteiger partial charge >= 0.3 is 0 Å². The second-order valence-corrected chi connectivity index (χ2v) is 13.5. The molecule has 238 valence electrons. The van der Waals surface area contributed by atoms with E-state index in [2.05, 4.69) is 70.0 Å². The number of aromatic nitrogens is 3. The molecule has 4 heterocycles. The Morgan fingerprint density at radius 1 is 1.04 bits per heavy atom. The summed E-state index contributed by atoms with van der Waals surface area (Å²) in [5.41, 5.74) is 11.0. The molecule has 0 bridgehead atoms. The van der Waals surface area contributed by atoms with Crippen LogP contribution in [0.15, 0.2) is 29.6 Å². The monoisotopic (exact) mass is 609 g/mol. The molecule has 0 saturated carbocycles. The van der Waals surface area contributed by atoms with E-state index >= 15 is 0 Å². The Kier molecular flexibility index (Phi) is 8.16. The minimum atomic E-state index is 0.0277. The number of fused-ring (bicyclic) bond motifs is 10. The van der Waals surface area contributed by atoms with Gasteiger partial charge in [-0.05, 0) is 80.4 Å². The Hall–Kier alpha value is -3.69. The number of oxime groups is 1. The third kappa shape index (κ3) is 5.44. The second kappa shape index (κ2) is 12.2. The first-order valence-electron chi connectivity index (χ1n) is 16.9. The number of carbonyl (C=O) groups is 1. The number of nitrogens with one attached hydrogen (secondary N) is 1. The zero-order valence-corrected chi connectivity index (χ0v) is 27.6. The highest BCUT2D eigenvalue weighted by Crippen LogP contribution is 2.47. The van der Waals surface area contributed by atoms with Crippen LogP contribution in [0, 0.1) is 5.92 Å². The number of hydrogen-bond donors (Lipinski definition) is 1. The molecule has 2 aromatic carbocycles. The van der Waals surface area contributed by atoms with Crippen LogP contribution < -0.4 is 5.32 Å². The lowest BCUT2D eigenvalue weighted by atomic mass is 9.82. The van der Waals surface area contributed by atoms with Crippen LogP contribution in [0.5, 0.6) is 0 Å². The molecule has 9 nitrogen and oxygen atoms in total. The number of rotatable bonds is 10. The van der Waals surface area contributed by atoms with Gasteiger partial charge in [-0.1, -0.05) is 32.0 Å². The molecule has 2 aromatic heterocycles. The first-order valence-corrected chi connectivity index (χ1v) is 16.9. The number of hydrogen-bond acceptors (Lipinski definition) is 6. The molecule has 2 aliphatic heterocycles. The van der Waals surface area contributed by atoms with Crippen molar-refractivity contribution in [3.05, 3.63) is 52.3 Å². The van der Waals surface area contributed by atoms with Crippen molar-refractivity contribution in [2.24, 2.45) is 18.1 Å². The summed E-state index contributed by atoms with van der Waals surface area (Å²) >= 11 is 0. The molecule has 3 aliphatic rings. The number of carbonyl (C=O) groups excluding carboxylic acids is 1. The summed E-state index contributed by atoms with van der Waals surface area (Å²) in [4.78, 5) is 24.3. The molecule has 1 amide bonds. The first-order chi connectivity index (χ1) is 21.8. The molecular weight excluding hydrogens is 562 g/mol. The fourth-order valence-electron chi connectivity index (χ4n) is 7.64. The number of unbranched alkanes of at least 4 members (excludes halogenated alkanes) is 1. The van der Waals surface area contributed by atoms with Gasteiger partial charge in [-0.2, -0.15) is 5.10 Å². The van der Waals surface area contributed by atoms with Gasteiger partial charge in [0.05, 0.1) is 22.5 Å². The molecule has 1 fully saturated rings. The van der Waals surface area contributed by atoms with E-state index in [1.54, 1.807) is 0 Å². The summed E-state index contributed by atoms with van der Waals surface area (Å²) in [6.45, 7) is 17.6. The maximum atomic E-state index is 13.5. The Morgan fingerprint density at radius 3 is 2.60 bits per heavy atom. The molecule has 0 radical (unpaired) electrons. The fourth-order valence-corrected chi connectivity index (χ4v) is 7.64. The van der Waals surface area contributed by atoms with Crippen LogP contribution in [0.4, 0.5) is 0 Å². The van der Waals surface area contributed by atoms with Crippen LogP contribution >= 0.6 is 0 Å². The van der Waals surface area contributed by atoms with Crippen molar-refractivity contribution >= 4 is 33.4 Å². The van der Waals surface area contributed by atoms with E-state index in [1.807, 2.05) is 18.7 Å². The van der Waals surface area contributed by atoms with Crippen molar-refractivity contribution < 1.29 is 9.63 Å². The van der Waals surface area contributed by atoms with Crippen LogP contribution in [-0.4, -0.2) is 81.6 Å². The summed E-state index contributed by atoms with van der Waals surface area (Å²) in [6, 6.07) is 6.71. The van der Waals surface area contributed by atoms with Crippen LogP contribution in [0.2, 0.25) is 0 Å². The highest BCUT2D eigenvalue weighted by Gasteiger charge is 2.35. The Morgan fingerprint density at radius 2 is 1.82 bits per heavy atom. The predicted molar refractivity (Wildman–Crippen MR) is 181 cm³/mol. The number of nitrogens with zero attached hydrogens (tertiary/aromatic N) is 6. The minimum absolute atomic E-state index is 0.0277. The molecular formula is C36H47N7O2. The van der Waals surface area contributed by atoms with Crippen molar-refractivity contribution in [2.75, 3.05) is 45.9 Å². The van der Waals surface area contributed by atoms with E-state index in [9.17, 15) is 4.79 Å². The van der Waals surface area contributed by atoms with Gasteiger partial charge in [-0.15, -0.1) is 0 Å². The molecule has 0 atom stereocenters. The van der Waals surface area contributed by atoms with Crippen molar-refractivity contribution in [3.8, 4) is 11.1 Å². The van der Waals surface area contributed by atoms with Gasteiger partial charge < -0.3 is 24.5 Å². The predicted octanol–water partition coefficient (Wildman–Crippen LogP) is 5.35. The van der Waals surface area contributed by atoms with Gasteiger partial charge in [0.15, 0.2) is 0 Å². The third-order valence-corrected chi connectivity index (χ3v) is 9.99. The van der Waals surface area contributed by atoms with Crippen LogP contribution in [0.1, 0.15) is 73.3 Å². The minimum Gasteiger partial charge on any atom is -0.395 e. The Bertz CT molecular complexity index is 1790. The van der Waals surface area contributed by atoms with Crippen LogP contribution in [-0.2, 0) is 37.8 Å². The van der Waals surface area contributed by atoms with Gasteiger partial charge in [0.25, 0.3) is 5.91 Å². The summed E-state index contributed by atoms with van der Waals surface area (Å²) in [7, 11) is 1.98.